The van der Waals surface area contributed by atoms with Gasteiger partial charge in [-0.25, -0.2) is 4.98 Å². The standard InChI is InChI=1S/C32H39N3O/c1-3-5-20-30(31-23-33-32(35(31)21-6-4-2)28-17-11-8-12-18-28)34(24-26-14-9-7-10-15-26)25-27-16-13-19-29(36)22-27/h7-19,22-23,30,36H,3-6,20-21,24-25H2,1-2H3. The first-order chi connectivity index (χ1) is 17.7. The average molecular weight is 482 g/mol. The second kappa shape index (κ2) is 13.1. The Labute approximate surface area is 216 Å². The Morgan fingerprint density at radius 2 is 1.47 bits per heavy atom. The average Bonchev–Trinajstić information content (AvgIpc) is 3.32. The fourth-order valence-electron chi connectivity index (χ4n) is 4.92. The first-order valence-electron chi connectivity index (χ1n) is 13.4. The predicted octanol–water partition coefficient (Wildman–Crippen LogP) is 7.99. The van der Waals surface area contributed by atoms with E-state index in [1.807, 2.05) is 12.1 Å². The highest BCUT2D eigenvalue weighted by Crippen LogP contribution is 2.33. The second-order valence-corrected chi connectivity index (χ2v) is 9.60. The third-order valence-corrected chi connectivity index (χ3v) is 6.79. The Kier molecular flexibility index (Phi) is 9.34. The maximum atomic E-state index is 10.2. The quantitative estimate of drug-likeness (QED) is 0.210. The van der Waals surface area contributed by atoms with Crippen LogP contribution in [0, 0.1) is 0 Å². The number of hydrogen-bond donors (Lipinski definition) is 1. The van der Waals surface area contributed by atoms with E-state index in [1.54, 1.807) is 6.07 Å². The summed E-state index contributed by atoms with van der Waals surface area (Å²) in [6, 6.07) is 29.2. The van der Waals surface area contributed by atoms with Crippen LogP contribution in [0.1, 0.15) is 68.8 Å². The van der Waals surface area contributed by atoms with Gasteiger partial charge in [-0.05, 0) is 36.1 Å². The Bertz CT molecular complexity index is 1190. The molecule has 4 aromatic rings. The van der Waals surface area contributed by atoms with Gasteiger partial charge in [-0.2, -0.15) is 0 Å². The van der Waals surface area contributed by atoms with Gasteiger partial charge in [0.05, 0.1) is 17.9 Å². The van der Waals surface area contributed by atoms with E-state index in [1.165, 1.54) is 11.3 Å². The normalized spacial score (nSPS) is 12.2. The molecule has 1 N–H and O–H groups in total. The number of aromatic nitrogens is 2. The van der Waals surface area contributed by atoms with Crippen LogP contribution in [0.15, 0.2) is 91.1 Å². The molecule has 1 aromatic heterocycles. The molecule has 0 amide bonds. The Morgan fingerprint density at radius 3 is 2.17 bits per heavy atom. The van der Waals surface area contributed by atoms with E-state index in [2.05, 4.69) is 96.2 Å². The molecule has 4 rings (SSSR count). The molecule has 0 bridgehead atoms. The number of hydrogen-bond acceptors (Lipinski definition) is 3. The van der Waals surface area contributed by atoms with Crippen LogP contribution in [0.4, 0.5) is 0 Å². The summed E-state index contributed by atoms with van der Waals surface area (Å²) in [6.45, 7) is 7.07. The van der Waals surface area contributed by atoms with Crippen molar-refractivity contribution in [2.45, 2.75) is 71.6 Å². The van der Waals surface area contributed by atoms with Gasteiger partial charge in [-0.1, -0.05) is 106 Å². The van der Waals surface area contributed by atoms with Crippen molar-refractivity contribution >= 4 is 0 Å². The zero-order chi connectivity index (χ0) is 25.2. The first kappa shape index (κ1) is 25.7. The summed E-state index contributed by atoms with van der Waals surface area (Å²) in [5.74, 6) is 1.37. The molecular formula is C32H39N3O. The molecule has 0 fully saturated rings. The van der Waals surface area contributed by atoms with Crippen LogP contribution in [0.3, 0.4) is 0 Å². The van der Waals surface area contributed by atoms with Crippen molar-refractivity contribution in [2.24, 2.45) is 0 Å². The predicted molar refractivity (Wildman–Crippen MR) is 149 cm³/mol. The minimum Gasteiger partial charge on any atom is -0.508 e. The van der Waals surface area contributed by atoms with Gasteiger partial charge < -0.3 is 9.67 Å². The molecule has 4 heteroatoms. The number of phenols is 1. The van der Waals surface area contributed by atoms with Crippen LogP contribution < -0.4 is 0 Å². The zero-order valence-electron chi connectivity index (χ0n) is 21.7. The third kappa shape index (κ3) is 6.64. The van der Waals surface area contributed by atoms with Crippen molar-refractivity contribution in [3.8, 4) is 17.1 Å². The molecule has 1 heterocycles. The van der Waals surface area contributed by atoms with E-state index in [0.717, 1.165) is 68.7 Å². The molecule has 0 aliphatic carbocycles. The molecule has 0 saturated carbocycles. The molecule has 1 atom stereocenters. The highest BCUT2D eigenvalue weighted by molar-refractivity contribution is 5.56. The van der Waals surface area contributed by atoms with Crippen molar-refractivity contribution in [3.63, 3.8) is 0 Å². The smallest absolute Gasteiger partial charge is 0.140 e. The number of phenolic OH excluding ortho intramolecular Hbond substituents is 1. The van der Waals surface area contributed by atoms with Gasteiger partial charge in [0, 0.05) is 25.2 Å². The van der Waals surface area contributed by atoms with Crippen molar-refractivity contribution in [3.05, 3.63) is 108 Å². The summed E-state index contributed by atoms with van der Waals surface area (Å²) < 4.78 is 2.46. The lowest BCUT2D eigenvalue weighted by Crippen LogP contribution is -2.30. The van der Waals surface area contributed by atoms with Gasteiger partial charge in [0.25, 0.3) is 0 Å². The second-order valence-electron chi connectivity index (χ2n) is 9.60. The van der Waals surface area contributed by atoms with Crippen LogP contribution in [-0.2, 0) is 19.6 Å². The molecule has 188 valence electrons. The SMILES string of the molecule is CCCCC(c1cnc(-c2ccccc2)n1CCCC)N(Cc1ccccc1)Cc1cccc(O)c1. The van der Waals surface area contributed by atoms with Crippen LogP contribution >= 0.6 is 0 Å². The van der Waals surface area contributed by atoms with Gasteiger partial charge in [0.2, 0.25) is 0 Å². The number of rotatable bonds is 13. The third-order valence-electron chi connectivity index (χ3n) is 6.79. The maximum absolute atomic E-state index is 10.2. The summed E-state index contributed by atoms with van der Waals surface area (Å²) in [5.41, 5.74) is 4.86. The summed E-state index contributed by atoms with van der Waals surface area (Å²) in [7, 11) is 0. The van der Waals surface area contributed by atoms with Crippen LogP contribution in [0.2, 0.25) is 0 Å². The molecule has 3 aromatic carbocycles. The highest BCUT2D eigenvalue weighted by Gasteiger charge is 2.26. The van der Waals surface area contributed by atoms with E-state index >= 15 is 0 Å². The number of benzene rings is 3. The van der Waals surface area contributed by atoms with Gasteiger partial charge in [-0.3, -0.25) is 4.90 Å². The number of imidazole rings is 1. The van der Waals surface area contributed by atoms with Crippen molar-refractivity contribution < 1.29 is 5.11 Å². The fraction of sp³-hybridized carbons (Fsp3) is 0.344. The van der Waals surface area contributed by atoms with E-state index in [0.29, 0.717) is 5.75 Å². The Hall–Kier alpha value is -3.37. The molecule has 0 aliphatic rings. The lowest BCUT2D eigenvalue weighted by molar-refractivity contribution is 0.159. The minimum atomic E-state index is 0.217. The van der Waals surface area contributed by atoms with Gasteiger partial charge in [0.15, 0.2) is 0 Å². The summed E-state index contributed by atoms with van der Waals surface area (Å²) in [5, 5.41) is 10.2. The molecule has 0 spiro atoms. The van der Waals surface area contributed by atoms with E-state index in [-0.39, 0.29) is 6.04 Å². The van der Waals surface area contributed by atoms with Crippen molar-refractivity contribution in [1.29, 1.82) is 0 Å². The van der Waals surface area contributed by atoms with Crippen LogP contribution in [0.5, 0.6) is 5.75 Å². The molecule has 0 aliphatic heterocycles. The highest BCUT2D eigenvalue weighted by atomic mass is 16.3. The monoisotopic (exact) mass is 481 g/mol. The molecule has 1 unspecified atom stereocenters. The van der Waals surface area contributed by atoms with Gasteiger partial charge in [0.1, 0.15) is 11.6 Å². The van der Waals surface area contributed by atoms with E-state index in [9.17, 15) is 5.11 Å². The van der Waals surface area contributed by atoms with Crippen LogP contribution in [0.25, 0.3) is 11.4 Å². The lowest BCUT2D eigenvalue weighted by atomic mass is 10.0. The molecule has 36 heavy (non-hydrogen) atoms. The first-order valence-corrected chi connectivity index (χ1v) is 13.4. The summed E-state index contributed by atoms with van der Waals surface area (Å²) in [6.07, 6.45) is 7.73. The Balaban J connectivity index is 1.77. The topological polar surface area (TPSA) is 41.3 Å². The fourth-order valence-corrected chi connectivity index (χ4v) is 4.92. The van der Waals surface area contributed by atoms with E-state index < -0.39 is 0 Å². The zero-order valence-corrected chi connectivity index (χ0v) is 21.7. The van der Waals surface area contributed by atoms with Crippen LogP contribution in [-0.4, -0.2) is 19.6 Å². The summed E-state index contributed by atoms with van der Waals surface area (Å²) >= 11 is 0. The molecule has 0 radical (unpaired) electrons. The van der Waals surface area contributed by atoms with Crippen molar-refractivity contribution in [2.75, 3.05) is 0 Å². The minimum absolute atomic E-state index is 0.217. The maximum Gasteiger partial charge on any atom is 0.140 e. The Morgan fingerprint density at radius 1 is 0.806 bits per heavy atom. The van der Waals surface area contributed by atoms with E-state index in [4.69, 9.17) is 4.98 Å². The van der Waals surface area contributed by atoms with Gasteiger partial charge in [-0.15, -0.1) is 0 Å². The molecular weight excluding hydrogens is 442 g/mol. The molecule has 4 nitrogen and oxygen atoms in total. The van der Waals surface area contributed by atoms with Gasteiger partial charge >= 0.3 is 0 Å². The number of nitrogens with zero attached hydrogens (tertiary/aromatic N) is 3. The number of aromatic hydroxyl groups is 1. The number of unbranched alkanes of at least 4 members (excludes halogenated alkanes) is 2. The lowest BCUT2D eigenvalue weighted by Gasteiger charge is -2.33. The molecule has 0 saturated heterocycles. The van der Waals surface area contributed by atoms with Crippen molar-refractivity contribution in [1.82, 2.24) is 14.5 Å². The summed E-state index contributed by atoms with van der Waals surface area (Å²) in [4.78, 5) is 7.54. The largest absolute Gasteiger partial charge is 0.508 e.